The van der Waals surface area contributed by atoms with Crippen LogP contribution in [0.5, 0.6) is 0 Å². The van der Waals surface area contributed by atoms with E-state index in [9.17, 15) is 14.4 Å². The molecule has 1 aromatic rings. The van der Waals surface area contributed by atoms with Gasteiger partial charge >= 0.3 is 11.9 Å². The second-order valence-corrected chi connectivity index (χ2v) is 5.55. The van der Waals surface area contributed by atoms with Crippen molar-refractivity contribution in [3.8, 4) is 0 Å². The maximum Gasteiger partial charge on any atom is 0.331 e. The SMILES string of the molecule is CCOC(=O)/C=C/C(=O)O[C@H](C)C(=O)Nc1ccccc1[C@H](C)CC. The van der Waals surface area contributed by atoms with Crippen LogP contribution >= 0.6 is 0 Å². The van der Waals surface area contributed by atoms with Crippen LogP contribution in [0, 0.1) is 0 Å². The fourth-order valence-corrected chi connectivity index (χ4v) is 2.09. The van der Waals surface area contributed by atoms with Gasteiger partial charge < -0.3 is 14.8 Å². The third-order valence-corrected chi connectivity index (χ3v) is 3.67. The Labute approximate surface area is 148 Å². The lowest BCUT2D eigenvalue weighted by atomic mass is 9.97. The number of anilines is 1. The van der Waals surface area contributed by atoms with E-state index in [1.54, 1.807) is 6.92 Å². The standard InChI is InChI=1S/C19H25NO5/c1-5-13(3)15-9-7-8-10-16(15)20-19(23)14(4)25-18(22)12-11-17(21)24-6-2/h7-14H,5-6H2,1-4H3,(H,20,23)/b12-11+/t13-,14-/m1/s1. The minimum Gasteiger partial charge on any atom is -0.463 e. The summed E-state index contributed by atoms with van der Waals surface area (Å²) in [6.07, 6.45) is 1.85. The first-order chi connectivity index (χ1) is 11.9. The smallest absolute Gasteiger partial charge is 0.331 e. The molecule has 1 aromatic carbocycles. The normalized spacial score (nSPS) is 13.1. The number of esters is 2. The van der Waals surface area contributed by atoms with Gasteiger partial charge in [-0.05, 0) is 37.8 Å². The first-order valence-corrected chi connectivity index (χ1v) is 8.34. The monoisotopic (exact) mass is 347 g/mol. The summed E-state index contributed by atoms with van der Waals surface area (Å²) < 4.78 is 9.65. The molecule has 1 N–H and O–H groups in total. The number of carbonyl (C=O) groups excluding carboxylic acids is 3. The second kappa shape index (κ2) is 10.3. The molecular weight excluding hydrogens is 322 g/mol. The molecule has 6 heteroatoms. The number of ether oxygens (including phenoxy) is 2. The van der Waals surface area contributed by atoms with Gasteiger partial charge in [0, 0.05) is 17.8 Å². The molecule has 136 valence electrons. The van der Waals surface area contributed by atoms with E-state index in [0.717, 1.165) is 24.1 Å². The molecule has 0 saturated carbocycles. The van der Waals surface area contributed by atoms with Gasteiger partial charge in [0.15, 0.2) is 6.10 Å². The molecule has 1 rings (SSSR count). The summed E-state index contributed by atoms with van der Waals surface area (Å²) in [7, 11) is 0. The minimum absolute atomic E-state index is 0.215. The lowest BCUT2D eigenvalue weighted by Gasteiger charge is -2.17. The van der Waals surface area contributed by atoms with Gasteiger partial charge in [-0.1, -0.05) is 32.0 Å². The van der Waals surface area contributed by atoms with Gasteiger partial charge in [-0.2, -0.15) is 0 Å². The van der Waals surface area contributed by atoms with Crippen LogP contribution in [0.4, 0.5) is 5.69 Å². The highest BCUT2D eigenvalue weighted by atomic mass is 16.5. The molecule has 0 fully saturated rings. The molecule has 2 atom stereocenters. The Bertz CT molecular complexity index is 638. The van der Waals surface area contributed by atoms with Gasteiger partial charge in [0.2, 0.25) is 0 Å². The van der Waals surface area contributed by atoms with Crippen LogP contribution in [0.25, 0.3) is 0 Å². The molecule has 0 spiro atoms. The van der Waals surface area contributed by atoms with Crippen molar-refractivity contribution in [2.24, 2.45) is 0 Å². The van der Waals surface area contributed by atoms with E-state index in [2.05, 4.69) is 23.9 Å². The average Bonchev–Trinajstić information content (AvgIpc) is 2.60. The predicted molar refractivity (Wildman–Crippen MR) is 95.1 cm³/mol. The summed E-state index contributed by atoms with van der Waals surface area (Å²) in [5.74, 6) is -1.57. The van der Waals surface area contributed by atoms with Gasteiger partial charge in [-0.15, -0.1) is 0 Å². The summed E-state index contributed by atoms with van der Waals surface area (Å²) in [5.41, 5.74) is 1.73. The van der Waals surface area contributed by atoms with Crippen molar-refractivity contribution in [1.29, 1.82) is 0 Å². The molecule has 0 aliphatic carbocycles. The van der Waals surface area contributed by atoms with Crippen LogP contribution < -0.4 is 5.32 Å². The maximum absolute atomic E-state index is 12.2. The molecule has 0 bridgehead atoms. The largest absolute Gasteiger partial charge is 0.463 e. The van der Waals surface area contributed by atoms with Gasteiger partial charge in [0.1, 0.15) is 0 Å². The van der Waals surface area contributed by atoms with Crippen LogP contribution in [0.1, 0.15) is 45.6 Å². The fourth-order valence-electron chi connectivity index (χ4n) is 2.09. The Morgan fingerprint density at radius 3 is 2.36 bits per heavy atom. The van der Waals surface area contributed by atoms with Crippen molar-refractivity contribution in [3.63, 3.8) is 0 Å². The zero-order valence-corrected chi connectivity index (χ0v) is 15.1. The molecule has 0 aliphatic rings. The van der Waals surface area contributed by atoms with Gasteiger partial charge in [-0.3, -0.25) is 4.79 Å². The summed E-state index contributed by atoms with van der Waals surface area (Å²) in [4.78, 5) is 35.0. The number of carbonyl (C=O) groups is 3. The Morgan fingerprint density at radius 1 is 1.08 bits per heavy atom. The number of hydrogen-bond acceptors (Lipinski definition) is 5. The minimum atomic E-state index is -0.996. The molecule has 0 unspecified atom stereocenters. The molecule has 0 aliphatic heterocycles. The fraction of sp³-hybridized carbons (Fsp3) is 0.421. The highest BCUT2D eigenvalue weighted by Gasteiger charge is 2.19. The second-order valence-electron chi connectivity index (χ2n) is 5.55. The average molecular weight is 347 g/mol. The van der Waals surface area contributed by atoms with Gasteiger partial charge in [0.05, 0.1) is 6.61 Å². The van der Waals surface area contributed by atoms with E-state index in [0.29, 0.717) is 11.6 Å². The molecule has 0 saturated heterocycles. The van der Waals surface area contributed by atoms with Crippen LogP contribution in [-0.2, 0) is 23.9 Å². The third kappa shape index (κ3) is 6.79. The van der Waals surface area contributed by atoms with E-state index in [4.69, 9.17) is 4.74 Å². The zero-order valence-electron chi connectivity index (χ0n) is 15.1. The zero-order chi connectivity index (χ0) is 18.8. The van der Waals surface area contributed by atoms with E-state index in [1.807, 2.05) is 24.3 Å². The number of amides is 1. The van der Waals surface area contributed by atoms with Gasteiger partial charge in [0.25, 0.3) is 5.91 Å². The van der Waals surface area contributed by atoms with Crippen molar-refractivity contribution >= 4 is 23.5 Å². The van der Waals surface area contributed by atoms with Gasteiger partial charge in [-0.25, -0.2) is 9.59 Å². The van der Waals surface area contributed by atoms with Crippen molar-refractivity contribution in [3.05, 3.63) is 42.0 Å². The van der Waals surface area contributed by atoms with Crippen LogP contribution in [0.15, 0.2) is 36.4 Å². The van der Waals surface area contributed by atoms with Crippen molar-refractivity contribution < 1.29 is 23.9 Å². The predicted octanol–water partition coefficient (Wildman–Crippen LogP) is 3.19. The van der Waals surface area contributed by atoms with Crippen molar-refractivity contribution in [2.45, 2.75) is 46.1 Å². The number of nitrogens with one attached hydrogen (secondary N) is 1. The molecule has 0 radical (unpaired) electrons. The summed E-state index contributed by atoms with van der Waals surface area (Å²) >= 11 is 0. The van der Waals surface area contributed by atoms with Crippen molar-refractivity contribution in [1.82, 2.24) is 0 Å². The Balaban J connectivity index is 2.66. The maximum atomic E-state index is 12.2. The molecule has 6 nitrogen and oxygen atoms in total. The topological polar surface area (TPSA) is 81.7 Å². The van der Waals surface area contributed by atoms with Crippen LogP contribution in [0.3, 0.4) is 0 Å². The molecule has 1 amide bonds. The number of hydrogen-bond donors (Lipinski definition) is 1. The van der Waals surface area contributed by atoms with E-state index in [-0.39, 0.29) is 6.61 Å². The van der Waals surface area contributed by atoms with E-state index >= 15 is 0 Å². The quantitative estimate of drug-likeness (QED) is 0.577. The molecule has 0 aromatic heterocycles. The number of benzene rings is 1. The highest BCUT2D eigenvalue weighted by molar-refractivity contribution is 5.97. The first-order valence-electron chi connectivity index (χ1n) is 8.34. The van der Waals surface area contributed by atoms with Crippen LogP contribution in [-0.4, -0.2) is 30.6 Å². The van der Waals surface area contributed by atoms with Crippen LogP contribution in [0.2, 0.25) is 0 Å². The Morgan fingerprint density at radius 2 is 1.72 bits per heavy atom. The first kappa shape index (κ1) is 20.4. The summed E-state index contributed by atoms with van der Waals surface area (Å²) in [6.45, 7) is 7.50. The third-order valence-electron chi connectivity index (χ3n) is 3.67. The van der Waals surface area contributed by atoms with Crippen molar-refractivity contribution in [2.75, 3.05) is 11.9 Å². The summed E-state index contributed by atoms with van der Waals surface area (Å²) in [5, 5.41) is 2.78. The lowest BCUT2D eigenvalue weighted by molar-refractivity contribution is -0.148. The van der Waals surface area contributed by atoms with E-state index in [1.165, 1.54) is 6.92 Å². The Kier molecular flexibility index (Phi) is 8.39. The highest BCUT2D eigenvalue weighted by Crippen LogP contribution is 2.26. The Hall–Kier alpha value is -2.63. The molecule has 25 heavy (non-hydrogen) atoms. The molecule has 0 heterocycles. The number of para-hydroxylation sites is 1. The number of rotatable bonds is 8. The van der Waals surface area contributed by atoms with E-state index < -0.39 is 23.9 Å². The lowest BCUT2D eigenvalue weighted by Crippen LogP contribution is -2.30. The summed E-state index contributed by atoms with van der Waals surface area (Å²) in [6, 6.07) is 7.53. The molecular formula is C19H25NO5.